The Bertz CT molecular complexity index is 523. The lowest BCUT2D eigenvalue weighted by atomic mass is 10.0. The molecule has 1 aliphatic rings. The molecule has 0 radical (unpaired) electrons. The van der Waals surface area contributed by atoms with Crippen LogP contribution in [-0.2, 0) is 20.7 Å². The molecule has 2 N–H and O–H groups in total. The number of hydrogen-bond donors (Lipinski definition) is 2. The van der Waals surface area contributed by atoms with Gasteiger partial charge >= 0.3 is 5.97 Å². The molecule has 0 bridgehead atoms. The zero-order chi connectivity index (χ0) is 15.9. The van der Waals surface area contributed by atoms with Gasteiger partial charge in [-0.15, -0.1) is 0 Å². The molecule has 1 aromatic rings. The second kappa shape index (κ2) is 7.82. The Kier molecular flexibility index (Phi) is 5.81. The number of rotatable bonds is 6. The van der Waals surface area contributed by atoms with Crippen LogP contribution in [0.2, 0.25) is 0 Å². The molecule has 0 aromatic heterocycles. The van der Waals surface area contributed by atoms with Crippen molar-refractivity contribution in [1.29, 1.82) is 0 Å². The van der Waals surface area contributed by atoms with Crippen LogP contribution in [0.15, 0.2) is 24.3 Å². The highest BCUT2D eigenvalue weighted by Crippen LogP contribution is 2.27. The second-order valence-electron chi connectivity index (χ2n) is 5.87. The third kappa shape index (κ3) is 4.76. The number of amides is 1. The molecule has 5 nitrogen and oxygen atoms in total. The Balaban J connectivity index is 1.96. The SMILES string of the molecule is COC(=O)C(Cc1cccc(O)c1)NC(=O)CC1CCCC1. The largest absolute Gasteiger partial charge is 0.508 e. The van der Waals surface area contributed by atoms with Crippen molar-refractivity contribution in [3.05, 3.63) is 29.8 Å². The van der Waals surface area contributed by atoms with Gasteiger partial charge in [-0.1, -0.05) is 25.0 Å². The molecule has 120 valence electrons. The Morgan fingerprint density at radius 1 is 1.36 bits per heavy atom. The fourth-order valence-corrected chi connectivity index (χ4v) is 2.98. The monoisotopic (exact) mass is 305 g/mol. The van der Waals surface area contributed by atoms with Crippen LogP contribution in [0.1, 0.15) is 37.7 Å². The molecule has 1 unspecified atom stereocenters. The first-order valence-electron chi connectivity index (χ1n) is 7.73. The first kappa shape index (κ1) is 16.3. The van der Waals surface area contributed by atoms with E-state index in [2.05, 4.69) is 5.32 Å². The molecule has 5 heteroatoms. The Morgan fingerprint density at radius 3 is 2.73 bits per heavy atom. The quantitative estimate of drug-likeness (QED) is 0.790. The standard InChI is InChI=1S/C17H23NO4/c1-22-17(21)15(10-13-7-4-8-14(19)9-13)18-16(20)11-12-5-2-3-6-12/h4,7-9,12,15,19H,2-3,5-6,10-11H2,1H3,(H,18,20). The van der Waals surface area contributed by atoms with Crippen molar-refractivity contribution < 1.29 is 19.4 Å². The minimum absolute atomic E-state index is 0.109. The maximum Gasteiger partial charge on any atom is 0.328 e. The molecule has 0 aliphatic heterocycles. The number of aromatic hydroxyl groups is 1. The summed E-state index contributed by atoms with van der Waals surface area (Å²) in [4.78, 5) is 24.0. The zero-order valence-corrected chi connectivity index (χ0v) is 12.9. The molecule has 0 saturated heterocycles. The van der Waals surface area contributed by atoms with E-state index in [1.807, 2.05) is 0 Å². The van der Waals surface area contributed by atoms with Crippen LogP contribution >= 0.6 is 0 Å². The predicted molar refractivity (Wildman–Crippen MR) is 82.3 cm³/mol. The number of methoxy groups -OCH3 is 1. The number of ether oxygens (including phenoxy) is 1. The van der Waals surface area contributed by atoms with Crippen LogP contribution in [0.4, 0.5) is 0 Å². The van der Waals surface area contributed by atoms with Gasteiger partial charge < -0.3 is 15.2 Å². The van der Waals surface area contributed by atoms with E-state index in [1.54, 1.807) is 24.3 Å². The fourth-order valence-electron chi connectivity index (χ4n) is 2.98. The highest BCUT2D eigenvalue weighted by molar-refractivity contribution is 5.84. The predicted octanol–water partition coefficient (Wildman–Crippen LogP) is 2.17. The molecular formula is C17H23NO4. The lowest BCUT2D eigenvalue weighted by molar-refractivity contribution is -0.145. The van der Waals surface area contributed by atoms with E-state index >= 15 is 0 Å². The summed E-state index contributed by atoms with van der Waals surface area (Å²) in [7, 11) is 1.31. The molecule has 0 heterocycles. The molecule has 1 fully saturated rings. The van der Waals surface area contributed by atoms with Crippen molar-refractivity contribution in [2.24, 2.45) is 5.92 Å². The average Bonchev–Trinajstić information content (AvgIpc) is 2.98. The van der Waals surface area contributed by atoms with Crippen LogP contribution in [0.3, 0.4) is 0 Å². The Labute approximate surface area is 130 Å². The summed E-state index contributed by atoms with van der Waals surface area (Å²) in [6.07, 6.45) is 5.31. The van der Waals surface area contributed by atoms with Gasteiger partial charge in [0, 0.05) is 12.8 Å². The van der Waals surface area contributed by atoms with Gasteiger partial charge in [-0.25, -0.2) is 4.79 Å². The number of hydrogen-bond acceptors (Lipinski definition) is 4. The molecule has 1 atom stereocenters. The zero-order valence-electron chi connectivity index (χ0n) is 12.9. The maximum absolute atomic E-state index is 12.1. The molecule has 1 aromatic carbocycles. The highest BCUT2D eigenvalue weighted by atomic mass is 16.5. The summed E-state index contributed by atoms with van der Waals surface area (Å²) in [5, 5.41) is 12.3. The van der Waals surface area contributed by atoms with Crippen molar-refractivity contribution in [3.63, 3.8) is 0 Å². The van der Waals surface area contributed by atoms with Gasteiger partial charge in [0.15, 0.2) is 0 Å². The normalized spacial score (nSPS) is 16.2. The van der Waals surface area contributed by atoms with Gasteiger partial charge in [0.1, 0.15) is 11.8 Å². The van der Waals surface area contributed by atoms with Gasteiger partial charge in [0.2, 0.25) is 5.91 Å². The van der Waals surface area contributed by atoms with Crippen LogP contribution < -0.4 is 5.32 Å². The summed E-state index contributed by atoms with van der Waals surface area (Å²) in [6, 6.07) is 5.94. The van der Waals surface area contributed by atoms with Crippen LogP contribution in [0, 0.1) is 5.92 Å². The van der Waals surface area contributed by atoms with E-state index < -0.39 is 12.0 Å². The van der Waals surface area contributed by atoms with E-state index in [4.69, 9.17) is 4.74 Å². The van der Waals surface area contributed by atoms with E-state index in [9.17, 15) is 14.7 Å². The average molecular weight is 305 g/mol. The summed E-state index contributed by atoms with van der Waals surface area (Å²) in [5.41, 5.74) is 0.775. The highest BCUT2D eigenvalue weighted by Gasteiger charge is 2.24. The Hall–Kier alpha value is -2.04. The molecule has 1 amide bonds. The van der Waals surface area contributed by atoms with Gasteiger partial charge in [-0.05, 0) is 36.5 Å². The number of carbonyl (C=O) groups excluding carboxylic acids is 2. The number of esters is 1. The third-order valence-corrected chi connectivity index (χ3v) is 4.12. The minimum atomic E-state index is -0.722. The summed E-state index contributed by atoms with van der Waals surface area (Å²) in [5.74, 6) is -0.0111. The number of phenols is 1. The van der Waals surface area contributed by atoms with E-state index in [0.29, 0.717) is 18.8 Å². The van der Waals surface area contributed by atoms with Gasteiger partial charge in [0.25, 0.3) is 0 Å². The summed E-state index contributed by atoms with van der Waals surface area (Å²) < 4.78 is 4.77. The first-order chi connectivity index (χ1) is 10.6. The second-order valence-corrected chi connectivity index (χ2v) is 5.87. The summed E-state index contributed by atoms with van der Waals surface area (Å²) >= 11 is 0. The van der Waals surface area contributed by atoms with Gasteiger partial charge in [-0.3, -0.25) is 4.79 Å². The smallest absolute Gasteiger partial charge is 0.328 e. The van der Waals surface area contributed by atoms with Crippen LogP contribution in [-0.4, -0.2) is 30.1 Å². The van der Waals surface area contributed by atoms with Crippen molar-refractivity contribution in [2.45, 2.75) is 44.6 Å². The van der Waals surface area contributed by atoms with Crippen LogP contribution in [0.5, 0.6) is 5.75 Å². The number of carbonyl (C=O) groups is 2. The van der Waals surface area contributed by atoms with E-state index in [-0.39, 0.29) is 11.7 Å². The number of phenolic OH excluding ortho intramolecular Hbond substituents is 1. The molecule has 1 saturated carbocycles. The lowest BCUT2D eigenvalue weighted by Crippen LogP contribution is -2.43. The molecule has 2 rings (SSSR count). The van der Waals surface area contributed by atoms with E-state index in [0.717, 1.165) is 18.4 Å². The van der Waals surface area contributed by atoms with Crippen molar-refractivity contribution in [1.82, 2.24) is 5.32 Å². The maximum atomic E-state index is 12.1. The molecular weight excluding hydrogens is 282 g/mol. The minimum Gasteiger partial charge on any atom is -0.508 e. The van der Waals surface area contributed by atoms with Crippen LogP contribution in [0.25, 0.3) is 0 Å². The topological polar surface area (TPSA) is 75.6 Å². The Morgan fingerprint density at radius 2 is 2.09 bits per heavy atom. The van der Waals surface area contributed by atoms with Gasteiger partial charge in [0.05, 0.1) is 7.11 Å². The number of nitrogens with one attached hydrogen (secondary N) is 1. The fraction of sp³-hybridized carbons (Fsp3) is 0.529. The molecule has 1 aliphatic carbocycles. The number of benzene rings is 1. The lowest BCUT2D eigenvalue weighted by Gasteiger charge is -2.18. The van der Waals surface area contributed by atoms with Gasteiger partial charge in [-0.2, -0.15) is 0 Å². The molecule has 22 heavy (non-hydrogen) atoms. The summed E-state index contributed by atoms with van der Waals surface area (Å²) in [6.45, 7) is 0. The molecule has 0 spiro atoms. The first-order valence-corrected chi connectivity index (χ1v) is 7.73. The van der Waals surface area contributed by atoms with Crippen molar-refractivity contribution >= 4 is 11.9 Å². The van der Waals surface area contributed by atoms with E-state index in [1.165, 1.54) is 20.0 Å². The van der Waals surface area contributed by atoms with Crippen molar-refractivity contribution in [2.75, 3.05) is 7.11 Å². The van der Waals surface area contributed by atoms with Crippen molar-refractivity contribution in [3.8, 4) is 5.75 Å². The third-order valence-electron chi connectivity index (χ3n) is 4.12.